The molecule has 0 radical (unpaired) electrons. The molecular weight excluding hydrogens is 554 g/mol. The number of methoxy groups -OCH3 is 1. The summed E-state index contributed by atoms with van der Waals surface area (Å²) in [6.45, 7) is 15.9. The first-order valence-electron chi connectivity index (χ1n) is 16.1. The van der Waals surface area contributed by atoms with Gasteiger partial charge in [-0.1, -0.05) is 82.2 Å². The first-order valence-corrected chi connectivity index (χ1v) is 16.1. The number of ether oxygens (including phenoxy) is 2. The molecule has 0 aliphatic heterocycles. The van der Waals surface area contributed by atoms with Crippen molar-refractivity contribution in [3.8, 4) is 5.75 Å². The van der Waals surface area contributed by atoms with Gasteiger partial charge in [0, 0.05) is 12.2 Å². The molecule has 2 rings (SSSR count). The Labute approximate surface area is 265 Å². The van der Waals surface area contributed by atoms with Crippen LogP contribution in [0.1, 0.15) is 109 Å². The van der Waals surface area contributed by atoms with Crippen LogP contribution in [0.3, 0.4) is 0 Å². The average Bonchev–Trinajstić information content (AvgIpc) is 2.92. The van der Waals surface area contributed by atoms with E-state index in [4.69, 9.17) is 9.47 Å². The van der Waals surface area contributed by atoms with Crippen LogP contribution >= 0.6 is 0 Å². The van der Waals surface area contributed by atoms with Crippen molar-refractivity contribution in [1.82, 2.24) is 10.2 Å². The summed E-state index contributed by atoms with van der Waals surface area (Å²) in [5, 5.41) is 5.87. The number of amides is 3. The van der Waals surface area contributed by atoms with Crippen molar-refractivity contribution in [2.45, 2.75) is 118 Å². The van der Waals surface area contributed by atoms with E-state index in [0.29, 0.717) is 24.4 Å². The number of unbranched alkanes of at least 4 members (excludes halogenated alkanes) is 5. The summed E-state index contributed by atoms with van der Waals surface area (Å²) in [6, 6.07) is 11.3. The van der Waals surface area contributed by atoms with Crippen molar-refractivity contribution in [2.75, 3.05) is 19.0 Å². The molecule has 0 aromatic heterocycles. The molecule has 0 heterocycles. The lowest BCUT2D eigenvalue weighted by molar-refractivity contribution is -0.141. The van der Waals surface area contributed by atoms with Gasteiger partial charge in [-0.3, -0.25) is 9.59 Å². The van der Waals surface area contributed by atoms with Gasteiger partial charge < -0.3 is 25.0 Å². The standard InChI is InChI=1S/C36H55N3O5/c1-10-11-12-13-14-15-20-39(34(41)31(21-25(2)3)38-35(42)44-36(6,7)8)32(28-23-26(4)22-27(5)24-28)33(40)37-29-16-18-30(43-9)19-17-29/h16-19,22-25,31-32H,10-15,20-21H2,1-9H3,(H,37,40)(H,38,42). The van der Waals surface area contributed by atoms with Crippen LogP contribution in [0, 0.1) is 19.8 Å². The summed E-state index contributed by atoms with van der Waals surface area (Å²) in [5.74, 6) is 0.174. The SMILES string of the molecule is CCCCCCCCN(C(=O)C(CC(C)C)NC(=O)OC(C)(C)C)C(C(=O)Nc1ccc(OC)cc1)c1cc(C)cc(C)c1. The molecule has 2 unspecified atom stereocenters. The molecule has 0 aliphatic carbocycles. The fraction of sp³-hybridized carbons (Fsp3) is 0.583. The second-order valence-electron chi connectivity index (χ2n) is 13.2. The van der Waals surface area contributed by atoms with E-state index in [-0.39, 0.29) is 17.7 Å². The van der Waals surface area contributed by atoms with Gasteiger partial charge in [0.05, 0.1) is 7.11 Å². The molecule has 8 nitrogen and oxygen atoms in total. The van der Waals surface area contributed by atoms with E-state index < -0.39 is 23.8 Å². The number of nitrogens with one attached hydrogen (secondary N) is 2. The molecule has 0 bridgehead atoms. The number of carbonyl (C=O) groups excluding carboxylic acids is 3. The molecule has 2 aromatic carbocycles. The zero-order chi connectivity index (χ0) is 32.9. The molecule has 0 fully saturated rings. The van der Waals surface area contributed by atoms with Gasteiger partial charge in [-0.05, 0) is 83.2 Å². The van der Waals surface area contributed by atoms with Gasteiger partial charge in [0.1, 0.15) is 23.4 Å². The van der Waals surface area contributed by atoms with E-state index >= 15 is 0 Å². The van der Waals surface area contributed by atoms with Crippen LogP contribution < -0.4 is 15.4 Å². The van der Waals surface area contributed by atoms with Crippen molar-refractivity contribution in [1.29, 1.82) is 0 Å². The average molecular weight is 610 g/mol. The number of nitrogens with zero attached hydrogens (tertiary/aromatic N) is 1. The maximum atomic E-state index is 14.5. The molecule has 44 heavy (non-hydrogen) atoms. The molecule has 2 N–H and O–H groups in total. The first kappa shape index (κ1) is 36.6. The monoisotopic (exact) mass is 609 g/mol. The summed E-state index contributed by atoms with van der Waals surface area (Å²) in [4.78, 5) is 43.3. The molecule has 0 saturated heterocycles. The number of alkyl carbamates (subject to hydrolysis) is 1. The highest BCUT2D eigenvalue weighted by atomic mass is 16.6. The lowest BCUT2D eigenvalue weighted by Crippen LogP contribution is -2.53. The number of carbonyl (C=O) groups is 3. The first-order chi connectivity index (χ1) is 20.7. The van der Waals surface area contributed by atoms with Crippen molar-refractivity contribution >= 4 is 23.6 Å². The van der Waals surface area contributed by atoms with Gasteiger partial charge in [-0.15, -0.1) is 0 Å². The van der Waals surface area contributed by atoms with E-state index in [9.17, 15) is 14.4 Å². The highest BCUT2D eigenvalue weighted by molar-refractivity contribution is 5.99. The van der Waals surface area contributed by atoms with Gasteiger partial charge in [-0.2, -0.15) is 0 Å². The summed E-state index contributed by atoms with van der Waals surface area (Å²) >= 11 is 0. The fourth-order valence-corrected chi connectivity index (χ4v) is 5.30. The van der Waals surface area contributed by atoms with Crippen LogP contribution in [-0.2, 0) is 14.3 Å². The minimum Gasteiger partial charge on any atom is -0.497 e. The topological polar surface area (TPSA) is 97.0 Å². The molecule has 3 amide bonds. The highest BCUT2D eigenvalue weighted by Gasteiger charge is 2.36. The lowest BCUT2D eigenvalue weighted by atomic mass is 9.96. The fourth-order valence-electron chi connectivity index (χ4n) is 5.30. The second kappa shape index (κ2) is 17.7. The van der Waals surface area contributed by atoms with Crippen LogP contribution in [0.2, 0.25) is 0 Å². The van der Waals surface area contributed by atoms with Crippen LogP contribution in [0.25, 0.3) is 0 Å². The number of aryl methyl sites for hydroxylation is 2. The minimum atomic E-state index is -0.908. The van der Waals surface area contributed by atoms with Crippen LogP contribution in [0.15, 0.2) is 42.5 Å². The number of rotatable bonds is 16. The maximum Gasteiger partial charge on any atom is 0.408 e. The Hall–Kier alpha value is -3.55. The van der Waals surface area contributed by atoms with Gasteiger partial charge in [0.25, 0.3) is 5.91 Å². The molecular formula is C36H55N3O5. The Balaban J connectivity index is 2.55. The van der Waals surface area contributed by atoms with Gasteiger partial charge >= 0.3 is 6.09 Å². The third-order valence-electron chi connectivity index (χ3n) is 7.21. The van der Waals surface area contributed by atoms with E-state index in [1.165, 1.54) is 6.42 Å². The molecule has 0 saturated carbocycles. The quantitative estimate of drug-likeness (QED) is 0.187. The minimum absolute atomic E-state index is 0.113. The molecule has 0 spiro atoms. The van der Waals surface area contributed by atoms with Gasteiger partial charge in [-0.25, -0.2) is 4.79 Å². The Morgan fingerprint density at radius 3 is 2.02 bits per heavy atom. The van der Waals surface area contributed by atoms with E-state index in [1.807, 2.05) is 45.9 Å². The number of hydrogen-bond acceptors (Lipinski definition) is 5. The molecule has 2 aromatic rings. The Morgan fingerprint density at radius 2 is 1.48 bits per heavy atom. The smallest absolute Gasteiger partial charge is 0.408 e. The van der Waals surface area contributed by atoms with Crippen molar-refractivity contribution in [3.05, 3.63) is 59.2 Å². The van der Waals surface area contributed by atoms with Crippen LogP contribution in [0.5, 0.6) is 5.75 Å². The summed E-state index contributed by atoms with van der Waals surface area (Å²) < 4.78 is 10.8. The zero-order valence-electron chi connectivity index (χ0n) is 28.4. The largest absolute Gasteiger partial charge is 0.497 e. The molecule has 0 aliphatic rings. The van der Waals surface area contributed by atoms with Gasteiger partial charge in [0.15, 0.2) is 0 Å². The Bertz CT molecular complexity index is 1180. The third kappa shape index (κ3) is 12.6. The number of anilines is 1. The van der Waals surface area contributed by atoms with E-state index in [2.05, 4.69) is 17.6 Å². The Kier molecular flexibility index (Phi) is 14.7. The van der Waals surface area contributed by atoms with E-state index in [1.54, 1.807) is 57.0 Å². The van der Waals surface area contributed by atoms with Crippen molar-refractivity contribution in [3.63, 3.8) is 0 Å². The predicted octanol–water partition coefficient (Wildman–Crippen LogP) is 8.12. The normalized spacial score (nSPS) is 12.8. The lowest BCUT2D eigenvalue weighted by Gasteiger charge is -2.35. The van der Waals surface area contributed by atoms with Crippen LogP contribution in [0.4, 0.5) is 10.5 Å². The predicted molar refractivity (Wildman–Crippen MR) is 178 cm³/mol. The van der Waals surface area contributed by atoms with E-state index in [0.717, 1.165) is 48.8 Å². The maximum absolute atomic E-state index is 14.5. The molecule has 8 heteroatoms. The molecule has 244 valence electrons. The summed E-state index contributed by atoms with van der Waals surface area (Å²) in [6.07, 6.45) is 5.97. The second-order valence-corrected chi connectivity index (χ2v) is 13.2. The highest BCUT2D eigenvalue weighted by Crippen LogP contribution is 2.28. The Morgan fingerprint density at radius 1 is 0.886 bits per heavy atom. The summed E-state index contributed by atoms with van der Waals surface area (Å²) in [5.41, 5.74) is 2.61. The van der Waals surface area contributed by atoms with Crippen LogP contribution in [-0.4, -0.2) is 48.1 Å². The number of hydrogen-bond donors (Lipinski definition) is 2. The molecule has 2 atom stereocenters. The third-order valence-corrected chi connectivity index (χ3v) is 7.21. The van der Waals surface area contributed by atoms with Gasteiger partial charge in [0.2, 0.25) is 5.91 Å². The zero-order valence-corrected chi connectivity index (χ0v) is 28.4. The summed E-state index contributed by atoms with van der Waals surface area (Å²) in [7, 11) is 1.59. The van der Waals surface area contributed by atoms with Crippen molar-refractivity contribution in [2.24, 2.45) is 5.92 Å². The number of benzene rings is 2. The van der Waals surface area contributed by atoms with Crippen molar-refractivity contribution < 1.29 is 23.9 Å².